The second-order valence-electron chi connectivity index (χ2n) is 6.95. The Kier molecular flexibility index (Phi) is 6.54. The number of sulfone groups is 1. The summed E-state index contributed by atoms with van der Waals surface area (Å²) >= 11 is 2.53. The van der Waals surface area contributed by atoms with E-state index in [1.807, 2.05) is 30.3 Å². The Bertz CT molecular complexity index is 1150. The van der Waals surface area contributed by atoms with E-state index in [2.05, 4.69) is 15.5 Å². The monoisotopic (exact) mass is 478 g/mol. The number of nitrogens with one attached hydrogen (secondary N) is 1. The third kappa shape index (κ3) is 5.60. The summed E-state index contributed by atoms with van der Waals surface area (Å²) in [6.45, 7) is 0. The zero-order chi connectivity index (χ0) is 21.8. The van der Waals surface area contributed by atoms with Gasteiger partial charge in [0.2, 0.25) is 11.0 Å². The van der Waals surface area contributed by atoms with E-state index in [9.17, 15) is 17.6 Å². The van der Waals surface area contributed by atoms with Crippen molar-refractivity contribution < 1.29 is 17.6 Å². The van der Waals surface area contributed by atoms with Crippen LogP contribution in [0.15, 0.2) is 58.9 Å². The topological polar surface area (TPSA) is 92.3 Å². The molecule has 0 spiro atoms. The molecule has 3 aromatic rings. The predicted molar refractivity (Wildman–Crippen MR) is 121 cm³/mol. The van der Waals surface area contributed by atoms with E-state index in [1.165, 1.54) is 35.2 Å². The predicted octanol–water partition coefficient (Wildman–Crippen LogP) is 3.73. The van der Waals surface area contributed by atoms with Crippen LogP contribution >= 0.6 is 23.1 Å². The van der Waals surface area contributed by atoms with Gasteiger partial charge >= 0.3 is 0 Å². The van der Waals surface area contributed by atoms with Crippen LogP contribution in [-0.2, 0) is 14.6 Å². The normalized spacial score (nSPS) is 17.4. The number of thioether (sulfide) groups is 1. The zero-order valence-corrected chi connectivity index (χ0v) is 18.7. The van der Waals surface area contributed by atoms with Crippen LogP contribution in [0.3, 0.4) is 0 Å². The van der Waals surface area contributed by atoms with Crippen molar-refractivity contribution in [2.75, 3.05) is 27.5 Å². The first kappa shape index (κ1) is 21.7. The molecule has 11 heteroatoms. The first-order valence-electron chi connectivity index (χ1n) is 9.46. The van der Waals surface area contributed by atoms with Gasteiger partial charge in [-0.25, -0.2) is 12.8 Å². The fourth-order valence-corrected chi connectivity index (χ4v) is 6.63. The van der Waals surface area contributed by atoms with Gasteiger partial charge in [-0.3, -0.25) is 4.79 Å². The smallest absolute Gasteiger partial charge is 0.237 e. The molecule has 31 heavy (non-hydrogen) atoms. The first-order chi connectivity index (χ1) is 14.9. The lowest BCUT2D eigenvalue weighted by Crippen LogP contribution is -2.42. The van der Waals surface area contributed by atoms with E-state index >= 15 is 0 Å². The molecule has 7 nitrogen and oxygen atoms in total. The van der Waals surface area contributed by atoms with Gasteiger partial charge in [0.1, 0.15) is 5.82 Å². The summed E-state index contributed by atoms with van der Waals surface area (Å²) < 4.78 is 37.5. The number of carbonyl (C=O) groups excluding carboxylic acids is 1. The lowest BCUT2D eigenvalue weighted by molar-refractivity contribution is -0.116. The standard InChI is InChI=1S/C20H19FN4O3S3/c21-14-6-8-15(9-7-14)22-19-23-24-20(30-19)29-12-18(26)25(16-4-2-1-3-5-16)17-10-11-31(27,28)13-17/h1-9,17H,10-13H2,(H,22,23). The van der Waals surface area contributed by atoms with Gasteiger partial charge in [0.25, 0.3) is 0 Å². The van der Waals surface area contributed by atoms with Crippen LogP contribution in [0.1, 0.15) is 6.42 Å². The van der Waals surface area contributed by atoms with E-state index in [0.717, 1.165) is 0 Å². The molecular formula is C20H19FN4O3S3. The Morgan fingerprint density at radius 2 is 1.90 bits per heavy atom. The number of nitrogens with zero attached hydrogens (tertiary/aromatic N) is 3. The Balaban J connectivity index is 1.42. The molecule has 1 aliphatic heterocycles. The highest BCUT2D eigenvalue weighted by Gasteiger charge is 2.35. The van der Waals surface area contributed by atoms with Gasteiger partial charge in [0, 0.05) is 11.4 Å². The molecule has 1 unspecified atom stereocenters. The maximum absolute atomic E-state index is 13.1. The molecule has 162 valence electrons. The molecule has 0 aliphatic carbocycles. The van der Waals surface area contributed by atoms with Crippen molar-refractivity contribution in [2.45, 2.75) is 16.8 Å². The van der Waals surface area contributed by atoms with Gasteiger partial charge in [-0.15, -0.1) is 10.2 Å². The summed E-state index contributed by atoms with van der Waals surface area (Å²) in [5.74, 6) is -0.326. The summed E-state index contributed by atoms with van der Waals surface area (Å²) in [4.78, 5) is 14.7. The largest absolute Gasteiger partial charge is 0.330 e. The minimum absolute atomic E-state index is 0.0250. The minimum atomic E-state index is -3.13. The van der Waals surface area contributed by atoms with E-state index in [-0.39, 0.29) is 35.0 Å². The van der Waals surface area contributed by atoms with E-state index in [4.69, 9.17) is 0 Å². The van der Waals surface area contributed by atoms with Crippen molar-refractivity contribution in [1.29, 1.82) is 0 Å². The molecule has 0 saturated carbocycles. The van der Waals surface area contributed by atoms with Gasteiger partial charge in [0.05, 0.1) is 23.3 Å². The lowest BCUT2D eigenvalue weighted by atomic mass is 10.2. The number of rotatable bonds is 7. The van der Waals surface area contributed by atoms with Gasteiger partial charge in [0.15, 0.2) is 14.2 Å². The molecule has 0 radical (unpaired) electrons. The summed E-state index contributed by atoms with van der Waals surface area (Å²) in [6.07, 6.45) is 0.429. The number of aromatic nitrogens is 2. The van der Waals surface area contributed by atoms with Gasteiger partial charge in [-0.05, 0) is 42.8 Å². The van der Waals surface area contributed by atoms with Crippen molar-refractivity contribution in [3.05, 3.63) is 60.4 Å². The molecule has 2 heterocycles. The number of halogens is 1. The highest BCUT2D eigenvalue weighted by molar-refractivity contribution is 8.01. The van der Waals surface area contributed by atoms with E-state index in [1.54, 1.807) is 17.0 Å². The fraction of sp³-hybridized carbons (Fsp3) is 0.250. The number of hydrogen-bond acceptors (Lipinski definition) is 8. The van der Waals surface area contributed by atoms with Crippen LogP contribution < -0.4 is 10.2 Å². The highest BCUT2D eigenvalue weighted by Crippen LogP contribution is 2.30. The number of anilines is 3. The van der Waals surface area contributed by atoms with Crippen LogP contribution in [0.2, 0.25) is 0 Å². The van der Waals surface area contributed by atoms with Gasteiger partial charge < -0.3 is 10.2 Å². The highest BCUT2D eigenvalue weighted by atomic mass is 32.2. The van der Waals surface area contributed by atoms with Gasteiger partial charge in [-0.2, -0.15) is 0 Å². The fourth-order valence-electron chi connectivity index (χ4n) is 3.29. The molecule has 0 bridgehead atoms. The van der Waals surface area contributed by atoms with Crippen molar-refractivity contribution >= 4 is 55.3 Å². The average molecular weight is 479 g/mol. The Morgan fingerprint density at radius 3 is 2.58 bits per heavy atom. The molecule has 2 aromatic carbocycles. The third-order valence-corrected chi connectivity index (χ3v) is 8.40. The second-order valence-corrected chi connectivity index (χ2v) is 11.4. The summed E-state index contributed by atoms with van der Waals surface area (Å²) in [5.41, 5.74) is 1.37. The summed E-state index contributed by atoms with van der Waals surface area (Å²) in [7, 11) is -3.13. The number of para-hydroxylation sites is 1. The Hall–Kier alpha value is -2.50. The van der Waals surface area contributed by atoms with Crippen molar-refractivity contribution in [3.8, 4) is 0 Å². The number of carbonyl (C=O) groups is 1. The lowest BCUT2D eigenvalue weighted by Gasteiger charge is -2.28. The molecular weight excluding hydrogens is 459 g/mol. The van der Waals surface area contributed by atoms with Crippen LogP contribution in [0.4, 0.5) is 20.9 Å². The first-order valence-corrected chi connectivity index (χ1v) is 13.1. The summed E-state index contributed by atoms with van der Waals surface area (Å²) in [6, 6.07) is 14.6. The molecule has 4 rings (SSSR count). The SMILES string of the molecule is O=C(CSc1nnc(Nc2ccc(F)cc2)s1)N(c1ccccc1)C1CCS(=O)(=O)C1. The van der Waals surface area contributed by atoms with Crippen LogP contribution in [-0.4, -0.2) is 47.8 Å². The maximum atomic E-state index is 13.1. The maximum Gasteiger partial charge on any atom is 0.237 e. The van der Waals surface area contributed by atoms with Crippen molar-refractivity contribution in [2.24, 2.45) is 0 Å². The molecule has 1 aromatic heterocycles. The molecule has 1 amide bonds. The molecule has 1 N–H and O–H groups in total. The zero-order valence-electron chi connectivity index (χ0n) is 16.3. The third-order valence-electron chi connectivity index (χ3n) is 4.70. The molecule has 1 aliphatic rings. The molecule has 1 atom stereocenters. The quantitative estimate of drug-likeness (QED) is 0.517. The second kappa shape index (κ2) is 9.33. The molecule has 1 fully saturated rings. The van der Waals surface area contributed by atoms with E-state index in [0.29, 0.717) is 27.3 Å². The number of amides is 1. The van der Waals surface area contributed by atoms with Crippen LogP contribution in [0.25, 0.3) is 0 Å². The van der Waals surface area contributed by atoms with E-state index < -0.39 is 9.84 Å². The van der Waals surface area contributed by atoms with Crippen molar-refractivity contribution in [3.63, 3.8) is 0 Å². The number of hydrogen-bond donors (Lipinski definition) is 1. The van der Waals surface area contributed by atoms with Crippen LogP contribution in [0.5, 0.6) is 0 Å². The summed E-state index contributed by atoms with van der Waals surface area (Å²) in [5, 5.41) is 11.7. The number of benzene rings is 2. The Labute approximate surface area is 187 Å². The molecule has 1 saturated heterocycles. The minimum Gasteiger partial charge on any atom is -0.330 e. The van der Waals surface area contributed by atoms with Gasteiger partial charge in [-0.1, -0.05) is 41.3 Å². The van der Waals surface area contributed by atoms with Crippen LogP contribution in [0, 0.1) is 5.82 Å². The Morgan fingerprint density at radius 1 is 1.16 bits per heavy atom. The van der Waals surface area contributed by atoms with Crippen molar-refractivity contribution in [1.82, 2.24) is 10.2 Å². The average Bonchev–Trinajstić information content (AvgIpc) is 3.35.